The normalized spacial score (nSPS) is 12.9. The van der Waals surface area contributed by atoms with E-state index in [-0.39, 0.29) is 4.90 Å². The molecule has 0 fully saturated rings. The van der Waals surface area contributed by atoms with Gasteiger partial charge in [-0.2, -0.15) is 0 Å². The van der Waals surface area contributed by atoms with Gasteiger partial charge in [-0.05, 0) is 31.2 Å². The van der Waals surface area contributed by atoms with Crippen LogP contribution in [0.2, 0.25) is 0 Å². The maximum Gasteiger partial charge on any atom is 0.241 e. The Labute approximate surface area is 148 Å². The van der Waals surface area contributed by atoms with Gasteiger partial charge in [0.05, 0.1) is 16.6 Å². The number of anilines is 1. The lowest BCUT2D eigenvalue weighted by atomic mass is 10.1. The Morgan fingerprint density at radius 2 is 1.68 bits per heavy atom. The molecule has 25 heavy (non-hydrogen) atoms. The van der Waals surface area contributed by atoms with Crippen molar-refractivity contribution in [3.8, 4) is 0 Å². The molecule has 0 bridgehead atoms. The fourth-order valence-electron chi connectivity index (χ4n) is 2.88. The van der Waals surface area contributed by atoms with Crippen LogP contribution in [0.15, 0.2) is 65.7 Å². The number of nitrogens with zero attached hydrogens (tertiary/aromatic N) is 2. The largest absolute Gasteiger partial charge is 0.377 e. The van der Waals surface area contributed by atoms with Gasteiger partial charge in [-0.25, -0.2) is 13.1 Å². The molecule has 3 rings (SSSR count). The van der Waals surface area contributed by atoms with Gasteiger partial charge in [0, 0.05) is 36.8 Å². The first-order valence-electron chi connectivity index (χ1n) is 8.02. The molecule has 6 heteroatoms. The number of hydrogen-bond acceptors (Lipinski definition) is 4. The van der Waals surface area contributed by atoms with Crippen molar-refractivity contribution < 1.29 is 8.42 Å². The van der Waals surface area contributed by atoms with E-state index in [0.29, 0.717) is 11.1 Å². The van der Waals surface area contributed by atoms with Crippen LogP contribution in [0, 0.1) is 0 Å². The highest BCUT2D eigenvalue weighted by molar-refractivity contribution is 7.89. The Balaban J connectivity index is 2.05. The molecule has 2 aromatic carbocycles. The van der Waals surface area contributed by atoms with Crippen molar-refractivity contribution >= 4 is 26.5 Å². The average molecular weight is 355 g/mol. The van der Waals surface area contributed by atoms with Crippen molar-refractivity contribution in [3.63, 3.8) is 0 Å². The number of nitrogens with one attached hydrogen (secondary N) is 1. The lowest BCUT2D eigenvalue weighted by Gasteiger charge is -2.18. The van der Waals surface area contributed by atoms with Crippen LogP contribution in [0.1, 0.15) is 18.7 Å². The minimum atomic E-state index is -3.69. The number of benzene rings is 2. The third-order valence-corrected chi connectivity index (χ3v) is 5.69. The SMILES string of the molecule is C[C@H](NS(=O)(=O)c1cccc2c(N(C)C)cccc12)c1ccccn1. The summed E-state index contributed by atoms with van der Waals surface area (Å²) in [5.41, 5.74) is 1.66. The molecule has 1 heterocycles. The highest BCUT2D eigenvalue weighted by atomic mass is 32.2. The third kappa shape index (κ3) is 3.50. The monoisotopic (exact) mass is 355 g/mol. The molecule has 0 spiro atoms. The van der Waals surface area contributed by atoms with E-state index in [1.165, 1.54) is 0 Å². The minimum Gasteiger partial charge on any atom is -0.377 e. The summed E-state index contributed by atoms with van der Waals surface area (Å²) in [6, 6.07) is 16.1. The first-order chi connectivity index (χ1) is 11.9. The van der Waals surface area contributed by atoms with Gasteiger partial charge in [-0.3, -0.25) is 4.98 Å². The molecule has 5 nitrogen and oxygen atoms in total. The quantitative estimate of drug-likeness (QED) is 0.762. The highest BCUT2D eigenvalue weighted by Crippen LogP contribution is 2.30. The molecule has 0 aliphatic heterocycles. The van der Waals surface area contributed by atoms with Gasteiger partial charge in [-0.15, -0.1) is 0 Å². The summed E-state index contributed by atoms with van der Waals surface area (Å²) in [5, 5.41) is 1.61. The predicted molar refractivity (Wildman–Crippen MR) is 101 cm³/mol. The van der Waals surface area contributed by atoms with Crippen LogP contribution in [0.3, 0.4) is 0 Å². The molecule has 1 atom stereocenters. The minimum absolute atomic E-state index is 0.275. The Kier molecular flexibility index (Phi) is 4.74. The number of fused-ring (bicyclic) bond motifs is 1. The van der Waals surface area contributed by atoms with Crippen molar-refractivity contribution in [3.05, 3.63) is 66.5 Å². The molecule has 0 saturated carbocycles. The van der Waals surface area contributed by atoms with Crippen molar-refractivity contribution in [2.45, 2.75) is 17.9 Å². The van der Waals surface area contributed by atoms with Crippen molar-refractivity contribution in [1.29, 1.82) is 0 Å². The lowest BCUT2D eigenvalue weighted by molar-refractivity contribution is 0.565. The molecule has 0 aliphatic carbocycles. The zero-order valence-corrected chi connectivity index (χ0v) is 15.3. The summed E-state index contributed by atoms with van der Waals surface area (Å²) in [4.78, 5) is 6.47. The van der Waals surface area contributed by atoms with Crippen LogP contribution in [-0.4, -0.2) is 27.5 Å². The molecule has 0 amide bonds. The molecule has 130 valence electrons. The van der Waals surface area contributed by atoms with Gasteiger partial charge >= 0.3 is 0 Å². The van der Waals surface area contributed by atoms with Crippen molar-refractivity contribution in [2.24, 2.45) is 0 Å². The van der Waals surface area contributed by atoms with E-state index in [2.05, 4.69) is 9.71 Å². The van der Waals surface area contributed by atoms with Gasteiger partial charge in [0.25, 0.3) is 0 Å². The lowest BCUT2D eigenvalue weighted by Crippen LogP contribution is -2.27. The van der Waals surface area contributed by atoms with Crippen LogP contribution < -0.4 is 9.62 Å². The standard InChI is InChI=1S/C19H21N3O2S/c1-14(17-10-4-5-13-20-17)21-25(23,24)19-12-7-8-15-16(19)9-6-11-18(15)22(2)3/h4-14,21H,1-3H3/t14-/m0/s1. The molecule has 3 aromatic rings. The zero-order valence-electron chi connectivity index (χ0n) is 14.5. The predicted octanol–water partition coefficient (Wildman–Crippen LogP) is 3.34. The molecule has 1 N–H and O–H groups in total. The summed E-state index contributed by atoms with van der Waals surface area (Å²) in [5.74, 6) is 0. The number of aromatic nitrogens is 1. The van der Waals surface area contributed by atoms with E-state index in [9.17, 15) is 8.42 Å². The van der Waals surface area contributed by atoms with Gasteiger partial charge in [-0.1, -0.05) is 30.3 Å². The Morgan fingerprint density at radius 1 is 0.960 bits per heavy atom. The topological polar surface area (TPSA) is 62.3 Å². The summed E-state index contributed by atoms with van der Waals surface area (Å²) < 4.78 is 28.6. The Hall–Kier alpha value is -2.44. The summed E-state index contributed by atoms with van der Waals surface area (Å²) in [6.07, 6.45) is 1.65. The van der Waals surface area contributed by atoms with Gasteiger partial charge in [0.15, 0.2) is 0 Å². The molecule has 0 saturated heterocycles. The van der Waals surface area contributed by atoms with Crippen LogP contribution >= 0.6 is 0 Å². The summed E-state index contributed by atoms with van der Waals surface area (Å²) in [7, 11) is 0.198. The number of pyridine rings is 1. The first kappa shape index (κ1) is 17.4. The van der Waals surface area contributed by atoms with E-state index in [0.717, 1.165) is 11.1 Å². The maximum atomic E-state index is 13.0. The van der Waals surface area contributed by atoms with Crippen LogP contribution in [-0.2, 0) is 10.0 Å². The fourth-order valence-corrected chi connectivity index (χ4v) is 4.32. The van der Waals surface area contributed by atoms with Gasteiger partial charge in [0.2, 0.25) is 10.0 Å². The average Bonchev–Trinajstić information content (AvgIpc) is 2.60. The number of rotatable bonds is 5. The van der Waals surface area contributed by atoms with E-state index in [1.807, 2.05) is 49.3 Å². The number of sulfonamides is 1. The summed E-state index contributed by atoms with van der Waals surface area (Å²) >= 11 is 0. The highest BCUT2D eigenvalue weighted by Gasteiger charge is 2.21. The van der Waals surface area contributed by atoms with E-state index >= 15 is 0 Å². The van der Waals surface area contributed by atoms with Crippen LogP contribution in [0.4, 0.5) is 5.69 Å². The van der Waals surface area contributed by atoms with Gasteiger partial charge < -0.3 is 4.90 Å². The van der Waals surface area contributed by atoms with Crippen molar-refractivity contribution in [1.82, 2.24) is 9.71 Å². The third-order valence-electron chi connectivity index (χ3n) is 4.09. The molecule has 0 unspecified atom stereocenters. The fraction of sp³-hybridized carbons (Fsp3) is 0.211. The van der Waals surface area contributed by atoms with Gasteiger partial charge in [0.1, 0.15) is 0 Å². The molecule has 1 aromatic heterocycles. The van der Waals surface area contributed by atoms with Crippen LogP contribution in [0.5, 0.6) is 0 Å². The molecule has 0 aliphatic rings. The summed E-state index contributed by atoms with van der Waals surface area (Å²) in [6.45, 7) is 1.79. The molecular weight excluding hydrogens is 334 g/mol. The molecular formula is C19H21N3O2S. The Bertz CT molecular complexity index is 986. The van der Waals surface area contributed by atoms with Crippen molar-refractivity contribution in [2.75, 3.05) is 19.0 Å². The van der Waals surface area contributed by atoms with E-state index in [4.69, 9.17) is 0 Å². The van der Waals surface area contributed by atoms with E-state index in [1.54, 1.807) is 37.4 Å². The van der Waals surface area contributed by atoms with E-state index < -0.39 is 16.1 Å². The van der Waals surface area contributed by atoms with Crippen LogP contribution in [0.25, 0.3) is 10.8 Å². The first-order valence-corrected chi connectivity index (χ1v) is 9.51. The Morgan fingerprint density at radius 3 is 2.36 bits per heavy atom. The second-order valence-electron chi connectivity index (χ2n) is 6.12. The second-order valence-corrected chi connectivity index (χ2v) is 7.80. The maximum absolute atomic E-state index is 13.0. The zero-order chi connectivity index (χ0) is 18.0. The number of hydrogen-bond donors (Lipinski definition) is 1. The smallest absolute Gasteiger partial charge is 0.241 e. The molecule has 0 radical (unpaired) electrons. The second kappa shape index (κ2) is 6.82.